The number of carbonyl (C=O) groups is 2. The van der Waals surface area contributed by atoms with Crippen LogP contribution < -0.4 is 16.1 Å². The predicted molar refractivity (Wildman–Crippen MR) is 72.3 cm³/mol. The van der Waals surface area contributed by atoms with Gasteiger partial charge < -0.3 is 10.6 Å². The van der Waals surface area contributed by atoms with Gasteiger partial charge in [-0.15, -0.1) is 0 Å². The van der Waals surface area contributed by atoms with Crippen LogP contribution in [0.15, 0.2) is 0 Å². The molecule has 6 nitrogen and oxygen atoms in total. The van der Waals surface area contributed by atoms with E-state index in [9.17, 15) is 9.59 Å². The smallest absolute Gasteiger partial charge is 0.329 e. The molecular formula is C13H24N4O2. The number of rotatable bonds is 4. The average Bonchev–Trinajstić information content (AvgIpc) is 2.42. The zero-order chi connectivity index (χ0) is 13.5. The van der Waals surface area contributed by atoms with Crippen LogP contribution in [-0.2, 0) is 4.79 Å². The summed E-state index contributed by atoms with van der Waals surface area (Å²) in [5, 5.41) is 7.76. The predicted octanol–water partition coefficient (Wildman–Crippen LogP) is 0.744. The Kier molecular flexibility index (Phi) is 5.44. The van der Waals surface area contributed by atoms with Crippen molar-refractivity contribution in [3.63, 3.8) is 0 Å². The fourth-order valence-electron chi connectivity index (χ4n) is 2.86. The number of hydrogen-bond donors (Lipinski definition) is 3. The maximum absolute atomic E-state index is 11.9. The molecule has 1 aliphatic carbocycles. The summed E-state index contributed by atoms with van der Waals surface area (Å²) < 4.78 is 0. The highest BCUT2D eigenvalue weighted by molar-refractivity contribution is 5.73. The standard InChI is InChI=1S/C13H24N4O2/c18-10-14-11-6-8-17(9-7-11)16-13(19)15-12-4-2-1-3-5-12/h10-12H,1-9H2,(H,14,18)(H2,15,16,19). The number of hydrogen-bond acceptors (Lipinski definition) is 3. The first-order valence-electron chi connectivity index (χ1n) is 7.29. The molecule has 0 unspecified atom stereocenters. The molecule has 1 aliphatic heterocycles. The van der Waals surface area contributed by atoms with E-state index in [2.05, 4.69) is 16.1 Å². The maximum Gasteiger partial charge on any atom is 0.329 e. The molecule has 0 bridgehead atoms. The number of nitrogens with one attached hydrogen (secondary N) is 3. The van der Waals surface area contributed by atoms with Crippen molar-refractivity contribution in [3.05, 3.63) is 0 Å². The van der Waals surface area contributed by atoms with E-state index >= 15 is 0 Å². The molecule has 0 aromatic heterocycles. The van der Waals surface area contributed by atoms with Crippen molar-refractivity contribution in [3.8, 4) is 0 Å². The number of urea groups is 1. The van der Waals surface area contributed by atoms with Crippen LogP contribution in [0.4, 0.5) is 4.79 Å². The summed E-state index contributed by atoms with van der Waals surface area (Å²) in [5.41, 5.74) is 2.90. The molecule has 0 aromatic carbocycles. The quantitative estimate of drug-likeness (QED) is 0.659. The molecule has 6 heteroatoms. The Balaban J connectivity index is 1.64. The summed E-state index contributed by atoms with van der Waals surface area (Å²) >= 11 is 0. The Hall–Kier alpha value is -1.30. The highest BCUT2D eigenvalue weighted by Gasteiger charge is 2.21. The van der Waals surface area contributed by atoms with Gasteiger partial charge in [-0.2, -0.15) is 0 Å². The van der Waals surface area contributed by atoms with Gasteiger partial charge in [0.1, 0.15) is 0 Å². The van der Waals surface area contributed by atoms with Crippen LogP contribution in [0.1, 0.15) is 44.9 Å². The van der Waals surface area contributed by atoms with Gasteiger partial charge in [0.05, 0.1) is 0 Å². The minimum Gasteiger partial charge on any atom is -0.356 e. The number of piperidine rings is 1. The molecular weight excluding hydrogens is 244 g/mol. The number of nitrogens with zero attached hydrogens (tertiary/aromatic N) is 1. The molecule has 19 heavy (non-hydrogen) atoms. The van der Waals surface area contributed by atoms with Gasteiger partial charge in [0, 0.05) is 25.2 Å². The van der Waals surface area contributed by atoms with Crippen molar-refractivity contribution in [2.24, 2.45) is 0 Å². The van der Waals surface area contributed by atoms with Gasteiger partial charge >= 0.3 is 6.03 Å². The summed E-state index contributed by atoms with van der Waals surface area (Å²) in [5.74, 6) is 0. The number of hydrazine groups is 1. The Morgan fingerprint density at radius 3 is 2.32 bits per heavy atom. The van der Waals surface area contributed by atoms with E-state index in [0.717, 1.165) is 45.2 Å². The third-order valence-electron chi connectivity index (χ3n) is 4.00. The zero-order valence-electron chi connectivity index (χ0n) is 11.4. The SMILES string of the molecule is O=CNC1CCN(NC(=O)NC2CCCCC2)CC1. The molecule has 1 saturated heterocycles. The second kappa shape index (κ2) is 7.33. The fraction of sp³-hybridized carbons (Fsp3) is 0.846. The lowest BCUT2D eigenvalue weighted by molar-refractivity contribution is -0.110. The molecule has 0 radical (unpaired) electrons. The van der Waals surface area contributed by atoms with Gasteiger partial charge in [0.25, 0.3) is 0 Å². The molecule has 3 amide bonds. The Morgan fingerprint density at radius 1 is 1.00 bits per heavy atom. The first-order valence-corrected chi connectivity index (χ1v) is 7.29. The third-order valence-corrected chi connectivity index (χ3v) is 4.00. The molecule has 108 valence electrons. The first kappa shape index (κ1) is 14.1. The highest BCUT2D eigenvalue weighted by atomic mass is 16.2. The van der Waals surface area contributed by atoms with Gasteiger partial charge in [0.2, 0.25) is 6.41 Å². The van der Waals surface area contributed by atoms with Gasteiger partial charge in [-0.1, -0.05) is 19.3 Å². The zero-order valence-corrected chi connectivity index (χ0v) is 11.4. The summed E-state index contributed by atoms with van der Waals surface area (Å²) in [6.07, 6.45) is 8.42. The van der Waals surface area contributed by atoms with Crippen molar-refractivity contribution in [1.29, 1.82) is 0 Å². The van der Waals surface area contributed by atoms with Crippen LogP contribution in [0, 0.1) is 0 Å². The van der Waals surface area contributed by atoms with Crippen molar-refractivity contribution in [2.75, 3.05) is 13.1 Å². The van der Waals surface area contributed by atoms with Gasteiger partial charge in [0.15, 0.2) is 0 Å². The second-order valence-electron chi connectivity index (χ2n) is 5.47. The minimum atomic E-state index is -0.0892. The molecule has 0 atom stereocenters. The Morgan fingerprint density at radius 2 is 1.68 bits per heavy atom. The van der Waals surface area contributed by atoms with Gasteiger partial charge in [-0.05, 0) is 25.7 Å². The molecule has 2 aliphatic rings. The van der Waals surface area contributed by atoms with E-state index in [1.54, 1.807) is 0 Å². The van der Waals surface area contributed by atoms with E-state index in [1.165, 1.54) is 19.3 Å². The molecule has 3 N–H and O–H groups in total. The lowest BCUT2D eigenvalue weighted by Crippen LogP contribution is -2.54. The van der Waals surface area contributed by atoms with Gasteiger partial charge in [-0.25, -0.2) is 9.80 Å². The van der Waals surface area contributed by atoms with Crippen LogP contribution in [0.2, 0.25) is 0 Å². The van der Waals surface area contributed by atoms with Crippen LogP contribution >= 0.6 is 0 Å². The molecule has 0 aromatic rings. The maximum atomic E-state index is 11.9. The normalized spacial score (nSPS) is 22.7. The third kappa shape index (κ3) is 4.70. The van der Waals surface area contributed by atoms with E-state index in [0.29, 0.717) is 6.04 Å². The Labute approximate surface area is 114 Å². The van der Waals surface area contributed by atoms with E-state index in [-0.39, 0.29) is 12.1 Å². The minimum absolute atomic E-state index is 0.0892. The second-order valence-corrected chi connectivity index (χ2v) is 5.47. The van der Waals surface area contributed by atoms with Crippen molar-refractivity contribution in [2.45, 2.75) is 57.0 Å². The monoisotopic (exact) mass is 268 g/mol. The topological polar surface area (TPSA) is 73.5 Å². The molecule has 1 saturated carbocycles. The Bertz CT molecular complexity index is 297. The van der Waals surface area contributed by atoms with Crippen molar-refractivity contribution in [1.82, 2.24) is 21.1 Å². The summed E-state index contributed by atoms with van der Waals surface area (Å²) in [6.45, 7) is 1.56. The van der Waals surface area contributed by atoms with E-state index in [1.807, 2.05) is 5.01 Å². The number of carbonyl (C=O) groups excluding carboxylic acids is 2. The van der Waals surface area contributed by atoms with Crippen molar-refractivity contribution < 1.29 is 9.59 Å². The van der Waals surface area contributed by atoms with Crippen LogP contribution in [-0.4, -0.2) is 42.6 Å². The summed E-state index contributed by atoms with van der Waals surface area (Å²) in [4.78, 5) is 22.2. The van der Waals surface area contributed by atoms with E-state index < -0.39 is 0 Å². The lowest BCUT2D eigenvalue weighted by Gasteiger charge is -2.32. The van der Waals surface area contributed by atoms with Crippen molar-refractivity contribution >= 4 is 12.4 Å². The fourth-order valence-corrected chi connectivity index (χ4v) is 2.86. The summed E-state index contributed by atoms with van der Waals surface area (Å²) in [6, 6.07) is 0.494. The highest BCUT2D eigenvalue weighted by Crippen LogP contribution is 2.17. The number of amides is 3. The van der Waals surface area contributed by atoms with E-state index in [4.69, 9.17) is 0 Å². The average molecular weight is 268 g/mol. The van der Waals surface area contributed by atoms with Gasteiger partial charge in [-0.3, -0.25) is 10.2 Å². The summed E-state index contributed by atoms with van der Waals surface area (Å²) in [7, 11) is 0. The lowest BCUT2D eigenvalue weighted by atomic mass is 9.96. The first-order chi connectivity index (χ1) is 9.28. The molecule has 1 heterocycles. The van der Waals surface area contributed by atoms with Crippen LogP contribution in [0.5, 0.6) is 0 Å². The molecule has 2 rings (SSSR count). The largest absolute Gasteiger partial charge is 0.356 e. The molecule has 0 spiro atoms. The molecule has 2 fully saturated rings. The van der Waals surface area contributed by atoms with Crippen LogP contribution in [0.25, 0.3) is 0 Å². The van der Waals surface area contributed by atoms with Crippen LogP contribution in [0.3, 0.4) is 0 Å².